The van der Waals surface area contributed by atoms with Gasteiger partial charge in [0.05, 0.1) is 13.5 Å². The van der Waals surface area contributed by atoms with Gasteiger partial charge < -0.3 is 9.47 Å². The van der Waals surface area contributed by atoms with Gasteiger partial charge in [0.25, 0.3) is 0 Å². The van der Waals surface area contributed by atoms with E-state index in [0.717, 1.165) is 11.3 Å². The molecular formula is C13H15N3O3. The summed E-state index contributed by atoms with van der Waals surface area (Å²) in [4.78, 5) is 14.1. The standard InChI is InChI=1S/C13H15N3O3/c1-18-12-6-4-11(5-7-12)10-13(17)19-9-3-2-8-15-16-14/h2-7H,8-10H2,1H3/b3-2+. The highest BCUT2D eigenvalue weighted by molar-refractivity contribution is 5.72. The predicted molar refractivity (Wildman–Crippen MR) is 70.8 cm³/mol. The molecule has 0 aromatic heterocycles. The summed E-state index contributed by atoms with van der Waals surface area (Å²) in [5.74, 6) is 0.441. The Morgan fingerprint density at radius 2 is 2.11 bits per heavy atom. The minimum atomic E-state index is -0.307. The molecule has 0 fully saturated rings. The lowest BCUT2D eigenvalue weighted by Gasteiger charge is -2.03. The molecule has 0 radical (unpaired) electrons. The molecule has 0 amide bonds. The average molecular weight is 261 g/mol. The molecule has 6 nitrogen and oxygen atoms in total. The maximum absolute atomic E-state index is 11.5. The number of esters is 1. The molecule has 0 spiro atoms. The monoisotopic (exact) mass is 261 g/mol. The van der Waals surface area contributed by atoms with Crippen LogP contribution in [-0.2, 0) is 16.0 Å². The molecule has 0 unspecified atom stereocenters. The van der Waals surface area contributed by atoms with E-state index in [-0.39, 0.29) is 25.5 Å². The van der Waals surface area contributed by atoms with Gasteiger partial charge in [-0.15, -0.1) is 0 Å². The zero-order chi connectivity index (χ0) is 13.9. The van der Waals surface area contributed by atoms with Crippen molar-refractivity contribution in [2.24, 2.45) is 5.11 Å². The normalized spacial score (nSPS) is 9.95. The number of hydrogen-bond acceptors (Lipinski definition) is 4. The molecule has 0 atom stereocenters. The lowest BCUT2D eigenvalue weighted by molar-refractivity contribution is -0.141. The molecule has 1 aromatic carbocycles. The third kappa shape index (κ3) is 6.14. The van der Waals surface area contributed by atoms with Crippen LogP contribution in [-0.4, -0.2) is 26.2 Å². The van der Waals surface area contributed by atoms with E-state index >= 15 is 0 Å². The maximum Gasteiger partial charge on any atom is 0.310 e. The van der Waals surface area contributed by atoms with Crippen LogP contribution in [0, 0.1) is 0 Å². The van der Waals surface area contributed by atoms with Gasteiger partial charge in [0.15, 0.2) is 0 Å². The summed E-state index contributed by atoms with van der Waals surface area (Å²) >= 11 is 0. The summed E-state index contributed by atoms with van der Waals surface area (Å²) in [7, 11) is 1.59. The number of azide groups is 1. The van der Waals surface area contributed by atoms with Crippen LogP contribution in [0.2, 0.25) is 0 Å². The summed E-state index contributed by atoms with van der Waals surface area (Å²) in [5.41, 5.74) is 8.91. The molecular weight excluding hydrogens is 246 g/mol. The van der Waals surface area contributed by atoms with Gasteiger partial charge in [-0.3, -0.25) is 4.79 Å². The summed E-state index contributed by atoms with van der Waals surface area (Å²) in [6.45, 7) is 0.433. The molecule has 0 saturated carbocycles. The van der Waals surface area contributed by atoms with Crippen LogP contribution in [0.4, 0.5) is 0 Å². The van der Waals surface area contributed by atoms with E-state index in [1.54, 1.807) is 31.4 Å². The van der Waals surface area contributed by atoms with Crippen LogP contribution in [0.1, 0.15) is 5.56 Å². The van der Waals surface area contributed by atoms with E-state index in [4.69, 9.17) is 15.0 Å². The van der Waals surface area contributed by atoms with Gasteiger partial charge in [-0.1, -0.05) is 29.4 Å². The zero-order valence-corrected chi connectivity index (χ0v) is 10.7. The Hall–Kier alpha value is -2.46. The molecule has 0 bridgehead atoms. The molecule has 19 heavy (non-hydrogen) atoms. The van der Waals surface area contributed by atoms with Gasteiger partial charge in [-0.05, 0) is 23.2 Å². The number of carbonyl (C=O) groups is 1. The number of nitrogens with zero attached hydrogens (tertiary/aromatic N) is 3. The van der Waals surface area contributed by atoms with Gasteiger partial charge >= 0.3 is 5.97 Å². The molecule has 0 aliphatic carbocycles. The average Bonchev–Trinajstić information content (AvgIpc) is 2.43. The molecule has 1 rings (SSSR count). The molecule has 0 N–H and O–H groups in total. The fourth-order valence-corrected chi connectivity index (χ4v) is 1.33. The number of hydrogen-bond donors (Lipinski definition) is 0. The van der Waals surface area contributed by atoms with Crippen molar-refractivity contribution in [3.05, 3.63) is 52.4 Å². The number of carbonyl (C=O) groups excluding carboxylic acids is 1. The Morgan fingerprint density at radius 1 is 1.37 bits per heavy atom. The molecule has 1 aromatic rings. The number of benzene rings is 1. The number of ether oxygens (including phenoxy) is 2. The first-order valence-corrected chi connectivity index (χ1v) is 5.70. The van der Waals surface area contributed by atoms with Crippen molar-refractivity contribution < 1.29 is 14.3 Å². The van der Waals surface area contributed by atoms with E-state index in [1.165, 1.54) is 0 Å². The summed E-state index contributed by atoms with van der Waals surface area (Å²) in [6, 6.07) is 7.22. The van der Waals surface area contributed by atoms with Crippen LogP contribution in [0.5, 0.6) is 5.75 Å². The Morgan fingerprint density at radius 3 is 2.74 bits per heavy atom. The Kier molecular flexibility index (Phi) is 6.61. The quantitative estimate of drug-likeness (QED) is 0.248. The minimum absolute atomic E-state index is 0.177. The smallest absolute Gasteiger partial charge is 0.310 e. The second-order valence-electron chi connectivity index (χ2n) is 3.59. The van der Waals surface area contributed by atoms with Crippen LogP contribution in [0.15, 0.2) is 41.5 Å². The Bertz CT molecular complexity index is 476. The molecule has 0 aliphatic heterocycles. The maximum atomic E-state index is 11.5. The zero-order valence-electron chi connectivity index (χ0n) is 10.7. The van der Waals surface area contributed by atoms with Gasteiger partial charge in [0.1, 0.15) is 12.4 Å². The van der Waals surface area contributed by atoms with Gasteiger partial charge in [-0.25, -0.2) is 0 Å². The van der Waals surface area contributed by atoms with Gasteiger partial charge in [0.2, 0.25) is 0 Å². The number of rotatable bonds is 7. The van der Waals surface area contributed by atoms with Crippen molar-refractivity contribution in [2.45, 2.75) is 6.42 Å². The van der Waals surface area contributed by atoms with Crippen LogP contribution in [0.25, 0.3) is 10.4 Å². The van der Waals surface area contributed by atoms with E-state index < -0.39 is 0 Å². The van der Waals surface area contributed by atoms with E-state index in [2.05, 4.69) is 10.0 Å². The van der Waals surface area contributed by atoms with Crippen LogP contribution in [0.3, 0.4) is 0 Å². The van der Waals surface area contributed by atoms with Gasteiger partial charge in [0, 0.05) is 11.5 Å². The Labute approximate surface area is 111 Å². The van der Waals surface area contributed by atoms with Crippen molar-refractivity contribution in [1.82, 2.24) is 0 Å². The molecule has 0 aliphatic rings. The summed E-state index contributed by atoms with van der Waals surface area (Å²) < 4.78 is 10.0. The van der Waals surface area contributed by atoms with Gasteiger partial charge in [-0.2, -0.15) is 0 Å². The second kappa shape index (κ2) is 8.60. The lowest BCUT2D eigenvalue weighted by atomic mass is 10.1. The van der Waals surface area contributed by atoms with Crippen molar-refractivity contribution in [3.8, 4) is 5.75 Å². The fraction of sp³-hybridized carbons (Fsp3) is 0.308. The predicted octanol–water partition coefficient (Wildman–Crippen LogP) is 2.65. The summed E-state index contributed by atoms with van der Waals surface area (Å²) in [6.07, 6.45) is 3.50. The van der Waals surface area contributed by atoms with E-state index in [9.17, 15) is 4.79 Å². The van der Waals surface area contributed by atoms with Crippen molar-refractivity contribution in [3.63, 3.8) is 0 Å². The first-order chi connectivity index (χ1) is 9.26. The van der Waals surface area contributed by atoms with Crippen molar-refractivity contribution in [1.29, 1.82) is 0 Å². The highest BCUT2D eigenvalue weighted by atomic mass is 16.5. The Balaban J connectivity index is 2.30. The highest BCUT2D eigenvalue weighted by Gasteiger charge is 2.03. The lowest BCUT2D eigenvalue weighted by Crippen LogP contribution is -2.07. The molecule has 0 saturated heterocycles. The highest BCUT2D eigenvalue weighted by Crippen LogP contribution is 2.11. The largest absolute Gasteiger partial charge is 0.497 e. The topological polar surface area (TPSA) is 84.3 Å². The van der Waals surface area contributed by atoms with Crippen LogP contribution >= 0.6 is 0 Å². The SMILES string of the molecule is COc1ccc(CC(=O)OC/C=C/CN=[N+]=[N-])cc1. The second-order valence-corrected chi connectivity index (χ2v) is 3.59. The third-order valence-electron chi connectivity index (χ3n) is 2.27. The first-order valence-electron chi connectivity index (χ1n) is 5.70. The molecule has 100 valence electrons. The van der Waals surface area contributed by atoms with Crippen molar-refractivity contribution in [2.75, 3.05) is 20.3 Å². The minimum Gasteiger partial charge on any atom is -0.497 e. The van der Waals surface area contributed by atoms with E-state index in [1.807, 2.05) is 12.1 Å². The fourth-order valence-electron chi connectivity index (χ4n) is 1.33. The number of methoxy groups -OCH3 is 1. The molecule has 0 heterocycles. The van der Waals surface area contributed by atoms with Crippen molar-refractivity contribution >= 4 is 5.97 Å². The first kappa shape index (κ1) is 14.6. The summed E-state index contributed by atoms with van der Waals surface area (Å²) in [5, 5.41) is 3.31. The third-order valence-corrected chi connectivity index (χ3v) is 2.27. The van der Waals surface area contributed by atoms with E-state index in [0.29, 0.717) is 0 Å². The molecule has 6 heteroatoms. The van der Waals surface area contributed by atoms with Crippen LogP contribution < -0.4 is 4.74 Å².